The molecule has 1 aliphatic rings. The van der Waals surface area contributed by atoms with Crippen molar-refractivity contribution in [1.29, 1.82) is 5.26 Å². The second-order valence-corrected chi connectivity index (χ2v) is 4.69. The number of rotatable bonds is 2. The number of imide groups is 1. The fraction of sp³-hybridized carbons (Fsp3) is 0.357. The number of anilines is 1. The van der Waals surface area contributed by atoms with Crippen LogP contribution in [0.2, 0.25) is 0 Å². The van der Waals surface area contributed by atoms with E-state index in [1.54, 1.807) is 6.07 Å². The SMILES string of the molecule is Cc1ccc(C#N)c(NC2CCC(=O)N(C)C2=O)c1. The van der Waals surface area contributed by atoms with E-state index in [4.69, 9.17) is 5.26 Å². The normalized spacial score (nSPS) is 19.2. The van der Waals surface area contributed by atoms with Gasteiger partial charge in [0.2, 0.25) is 5.91 Å². The van der Waals surface area contributed by atoms with Gasteiger partial charge in [0.05, 0.1) is 11.3 Å². The number of piperidine rings is 1. The van der Waals surface area contributed by atoms with Gasteiger partial charge in [-0.3, -0.25) is 14.5 Å². The number of nitrogens with zero attached hydrogens (tertiary/aromatic N) is 2. The van der Waals surface area contributed by atoms with Gasteiger partial charge in [0.25, 0.3) is 5.91 Å². The molecule has 2 amide bonds. The minimum absolute atomic E-state index is 0.159. The second kappa shape index (κ2) is 5.11. The van der Waals surface area contributed by atoms with Crippen LogP contribution in [0.15, 0.2) is 18.2 Å². The second-order valence-electron chi connectivity index (χ2n) is 4.69. The summed E-state index contributed by atoms with van der Waals surface area (Å²) in [6.45, 7) is 1.92. The van der Waals surface area contributed by atoms with Crippen molar-refractivity contribution in [1.82, 2.24) is 4.90 Å². The molecule has 0 aliphatic carbocycles. The predicted octanol–water partition coefficient (Wildman–Crippen LogP) is 1.43. The number of hydrogen-bond donors (Lipinski definition) is 1. The maximum absolute atomic E-state index is 12.0. The minimum atomic E-state index is -0.448. The van der Waals surface area contributed by atoms with Gasteiger partial charge in [-0.25, -0.2) is 0 Å². The fourth-order valence-electron chi connectivity index (χ4n) is 2.11. The Hall–Kier alpha value is -2.35. The molecular formula is C14H15N3O2. The molecule has 1 aromatic carbocycles. The van der Waals surface area contributed by atoms with Crippen LogP contribution in [0.25, 0.3) is 0 Å². The lowest BCUT2D eigenvalue weighted by Gasteiger charge is -2.29. The molecule has 2 rings (SSSR count). The number of benzene rings is 1. The van der Waals surface area contributed by atoms with Crippen molar-refractivity contribution in [3.8, 4) is 6.07 Å². The third-order valence-electron chi connectivity index (χ3n) is 3.27. The highest BCUT2D eigenvalue weighted by Gasteiger charge is 2.31. The Bertz CT molecular complexity index is 575. The van der Waals surface area contributed by atoms with E-state index in [1.807, 2.05) is 19.1 Å². The molecule has 98 valence electrons. The summed E-state index contributed by atoms with van der Waals surface area (Å²) in [5, 5.41) is 12.1. The molecule has 5 nitrogen and oxygen atoms in total. The van der Waals surface area contributed by atoms with E-state index in [9.17, 15) is 9.59 Å². The van der Waals surface area contributed by atoms with Crippen LogP contribution in [-0.4, -0.2) is 29.8 Å². The topological polar surface area (TPSA) is 73.2 Å². The number of hydrogen-bond acceptors (Lipinski definition) is 4. The van der Waals surface area contributed by atoms with Gasteiger partial charge >= 0.3 is 0 Å². The lowest BCUT2D eigenvalue weighted by molar-refractivity contribution is -0.146. The van der Waals surface area contributed by atoms with Crippen molar-refractivity contribution in [3.05, 3.63) is 29.3 Å². The molecule has 1 atom stereocenters. The molecule has 1 heterocycles. The molecule has 0 saturated carbocycles. The molecule has 1 fully saturated rings. The summed E-state index contributed by atoms with van der Waals surface area (Å²) in [6.07, 6.45) is 0.800. The van der Waals surface area contributed by atoms with Crippen LogP contribution in [-0.2, 0) is 9.59 Å². The predicted molar refractivity (Wildman–Crippen MR) is 70.3 cm³/mol. The van der Waals surface area contributed by atoms with Gasteiger partial charge < -0.3 is 5.32 Å². The standard InChI is InChI=1S/C14H15N3O2/c1-9-3-4-10(8-15)12(7-9)16-11-5-6-13(18)17(2)14(11)19/h3-4,7,11,16H,5-6H2,1-2H3. The summed E-state index contributed by atoms with van der Waals surface area (Å²) in [5.74, 6) is -0.408. The van der Waals surface area contributed by atoms with E-state index >= 15 is 0 Å². The Balaban J connectivity index is 2.22. The lowest BCUT2D eigenvalue weighted by atomic mass is 10.0. The maximum atomic E-state index is 12.0. The first kappa shape index (κ1) is 13.1. The Morgan fingerprint density at radius 2 is 2.16 bits per heavy atom. The van der Waals surface area contributed by atoms with E-state index in [2.05, 4.69) is 11.4 Å². The van der Waals surface area contributed by atoms with E-state index in [0.29, 0.717) is 24.1 Å². The molecule has 0 bridgehead atoms. The third-order valence-corrected chi connectivity index (χ3v) is 3.27. The summed E-state index contributed by atoms with van der Waals surface area (Å²) < 4.78 is 0. The Morgan fingerprint density at radius 3 is 2.84 bits per heavy atom. The zero-order valence-electron chi connectivity index (χ0n) is 10.9. The van der Waals surface area contributed by atoms with E-state index < -0.39 is 6.04 Å². The first-order chi connectivity index (χ1) is 9.02. The number of likely N-dealkylation sites (tertiary alicyclic amines) is 1. The van der Waals surface area contributed by atoms with Gasteiger partial charge in [-0.05, 0) is 31.0 Å². The number of carbonyl (C=O) groups excluding carboxylic acids is 2. The molecule has 1 aliphatic heterocycles. The molecule has 19 heavy (non-hydrogen) atoms. The van der Waals surface area contributed by atoms with Crippen LogP contribution in [0.3, 0.4) is 0 Å². The number of nitriles is 1. The number of aryl methyl sites for hydroxylation is 1. The average molecular weight is 257 g/mol. The number of nitrogens with one attached hydrogen (secondary N) is 1. The lowest BCUT2D eigenvalue weighted by Crippen LogP contribution is -2.48. The van der Waals surface area contributed by atoms with E-state index in [0.717, 1.165) is 10.5 Å². The zero-order valence-corrected chi connectivity index (χ0v) is 10.9. The van der Waals surface area contributed by atoms with Crippen LogP contribution in [0.1, 0.15) is 24.0 Å². The van der Waals surface area contributed by atoms with E-state index in [-0.39, 0.29) is 11.8 Å². The Labute approximate surface area is 111 Å². The van der Waals surface area contributed by atoms with Gasteiger partial charge in [-0.15, -0.1) is 0 Å². The van der Waals surface area contributed by atoms with Crippen LogP contribution in [0.5, 0.6) is 0 Å². The van der Waals surface area contributed by atoms with Gasteiger partial charge in [-0.1, -0.05) is 6.07 Å². The summed E-state index contributed by atoms with van der Waals surface area (Å²) in [4.78, 5) is 24.5. The zero-order chi connectivity index (χ0) is 14.0. The van der Waals surface area contributed by atoms with Gasteiger partial charge in [0.1, 0.15) is 12.1 Å². The average Bonchev–Trinajstić information content (AvgIpc) is 2.40. The highest BCUT2D eigenvalue weighted by Crippen LogP contribution is 2.21. The van der Waals surface area contributed by atoms with Crippen LogP contribution in [0.4, 0.5) is 5.69 Å². The van der Waals surface area contributed by atoms with Crippen molar-refractivity contribution in [3.63, 3.8) is 0 Å². The largest absolute Gasteiger partial charge is 0.373 e. The molecule has 1 N–H and O–H groups in total. The van der Waals surface area contributed by atoms with Gasteiger partial charge in [0.15, 0.2) is 0 Å². The minimum Gasteiger partial charge on any atom is -0.373 e. The summed E-state index contributed by atoms with van der Waals surface area (Å²) >= 11 is 0. The number of amides is 2. The Morgan fingerprint density at radius 1 is 1.42 bits per heavy atom. The first-order valence-corrected chi connectivity index (χ1v) is 6.10. The quantitative estimate of drug-likeness (QED) is 0.813. The molecule has 1 unspecified atom stereocenters. The number of likely N-dealkylation sites (N-methyl/N-ethyl adjacent to an activating group) is 1. The highest BCUT2D eigenvalue weighted by molar-refractivity contribution is 6.01. The van der Waals surface area contributed by atoms with Gasteiger partial charge in [0, 0.05) is 13.5 Å². The molecule has 5 heteroatoms. The summed E-state index contributed by atoms with van der Waals surface area (Å²) in [6, 6.07) is 7.05. The molecule has 1 saturated heterocycles. The van der Waals surface area contributed by atoms with Crippen molar-refractivity contribution in [2.75, 3.05) is 12.4 Å². The molecule has 0 radical (unpaired) electrons. The fourth-order valence-corrected chi connectivity index (χ4v) is 2.11. The summed E-state index contributed by atoms with van der Waals surface area (Å²) in [5.41, 5.74) is 2.15. The van der Waals surface area contributed by atoms with Gasteiger partial charge in [-0.2, -0.15) is 5.26 Å². The van der Waals surface area contributed by atoms with Crippen molar-refractivity contribution in [2.24, 2.45) is 0 Å². The van der Waals surface area contributed by atoms with Crippen LogP contribution >= 0.6 is 0 Å². The highest BCUT2D eigenvalue weighted by atomic mass is 16.2. The smallest absolute Gasteiger partial charge is 0.251 e. The molecule has 0 spiro atoms. The van der Waals surface area contributed by atoms with Crippen LogP contribution < -0.4 is 5.32 Å². The summed E-state index contributed by atoms with van der Waals surface area (Å²) in [7, 11) is 1.49. The Kier molecular flexibility index (Phi) is 3.52. The molecule has 1 aromatic rings. The molecule has 0 aromatic heterocycles. The van der Waals surface area contributed by atoms with E-state index in [1.165, 1.54) is 7.05 Å². The van der Waals surface area contributed by atoms with Crippen molar-refractivity contribution >= 4 is 17.5 Å². The van der Waals surface area contributed by atoms with Crippen molar-refractivity contribution in [2.45, 2.75) is 25.8 Å². The third kappa shape index (κ3) is 2.58. The molecular weight excluding hydrogens is 242 g/mol. The van der Waals surface area contributed by atoms with Crippen molar-refractivity contribution < 1.29 is 9.59 Å². The van der Waals surface area contributed by atoms with Crippen LogP contribution in [0, 0.1) is 18.3 Å². The monoisotopic (exact) mass is 257 g/mol. The number of carbonyl (C=O) groups is 2. The maximum Gasteiger partial charge on any atom is 0.251 e. The first-order valence-electron chi connectivity index (χ1n) is 6.10.